The molecule has 0 unspecified atom stereocenters. The maximum Gasteiger partial charge on any atom is 0.407 e. The van der Waals surface area contributed by atoms with Gasteiger partial charge in [-0.05, 0) is 121 Å². The number of benzene rings is 4. The zero-order valence-corrected chi connectivity index (χ0v) is 59.6. The lowest BCUT2D eigenvalue weighted by Crippen LogP contribution is -2.53. The molecule has 1 saturated carbocycles. The van der Waals surface area contributed by atoms with Gasteiger partial charge in [0.15, 0.2) is 17.3 Å². The van der Waals surface area contributed by atoms with Crippen LogP contribution in [0.15, 0.2) is 138 Å². The van der Waals surface area contributed by atoms with Crippen molar-refractivity contribution in [1.82, 2.24) is 25.3 Å². The number of rotatable bonds is 29. The lowest BCUT2D eigenvalue weighted by atomic mass is 9.98. The van der Waals surface area contributed by atoms with E-state index in [0.717, 1.165) is 51.9 Å². The van der Waals surface area contributed by atoms with E-state index in [4.69, 9.17) is 33.2 Å². The number of ether oxygens (including phenoxy) is 7. The van der Waals surface area contributed by atoms with Crippen LogP contribution in [0.3, 0.4) is 0 Å². The smallest absolute Gasteiger partial charge is 0.407 e. The van der Waals surface area contributed by atoms with Crippen LogP contribution in [0.1, 0.15) is 92.8 Å². The molecular formula is C74H97N7O12Si2. The zero-order chi connectivity index (χ0) is 67.9. The molecule has 4 aromatic rings. The molecule has 2 aliphatic carbocycles. The molecule has 5 amide bonds. The van der Waals surface area contributed by atoms with E-state index in [0.29, 0.717) is 103 Å². The third kappa shape index (κ3) is 17.1. The Balaban J connectivity index is 0.767. The highest BCUT2D eigenvalue weighted by atomic mass is 28.3. The van der Waals surface area contributed by atoms with Gasteiger partial charge in [0.2, 0.25) is 11.8 Å². The number of amides is 5. The number of methoxy groups -OCH3 is 2. The van der Waals surface area contributed by atoms with Crippen LogP contribution in [-0.4, -0.2) is 159 Å². The summed E-state index contributed by atoms with van der Waals surface area (Å²) < 4.78 is 43.2. The van der Waals surface area contributed by atoms with Crippen molar-refractivity contribution in [3.8, 4) is 22.6 Å². The first-order valence-corrected chi connectivity index (χ1v) is 41.0. The van der Waals surface area contributed by atoms with Crippen molar-refractivity contribution < 1.29 is 57.1 Å². The highest BCUT2D eigenvalue weighted by molar-refractivity contribution is 6.76. The van der Waals surface area contributed by atoms with E-state index in [1.165, 1.54) is 18.4 Å². The molecule has 4 aliphatic heterocycles. The number of fused-ring (bicyclic) bond motifs is 6. The van der Waals surface area contributed by atoms with Crippen LogP contribution in [0.4, 0.5) is 16.2 Å². The molecule has 508 valence electrons. The Kier molecular flexibility index (Phi) is 22.2. The number of allylic oxidation sites excluding steroid dienone is 2. The van der Waals surface area contributed by atoms with Crippen LogP contribution in [0.5, 0.6) is 11.5 Å². The van der Waals surface area contributed by atoms with E-state index in [1.807, 2.05) is 92.5 Å². The number of alkyl carbamates (subject to hydrolysis) is 1. The Bertz CT molecular complexity index is 3600. The summed E-state index contributed by atoms with van der Waals surface area (Å²) in [5.74, 6) is 0.752. The summed E-state index contributed by atoms with van der Waals surface area (Å²) in [4.78, 5) is 77.5. The molecule has 0 radical (unpaired) electrons. The normalized spacial score (nSPS) is 19.1. The minimum absolute atomic E-state index is 0.0131. The van der Waals surface area contributed by atoms with E-state index >= 15 is 0 Å². The number of hydrogen-bond donors (Lipinski definition) is 3. The molecule has 10 rings (SSSR count). The molecule has 0 bridgehead atoms. The molecule has 6 aliphatic rings. The summed E-state index contributed by atoms with van der Waals surface area (Å²) in [6, 6.07) is 27.1. The maximum atomic E-state index is 14.9. The molecule has 19 nitrogen and oxygen atoms in total. The molecule has 1 saturated heterocycles. The average molecular weight is 1330 g/mol. The quantitative estimate of drug-likeness (QED) is 0.0201. The Morgan fingerprint density at radius 3 is 1.94 bits per heavy atom. The average Bonchev–Trinajstić information content (AvgIpc) is 1.68. The molecule has 3 N–H and O–H groups in total. The van der Waals surface area contributed by atoms with Crippen molar-refractivity contribution in [2.75, 3.05) is 84.0 Å². The fraction of sp³-hybridized carbons (Fsp3) is 0.473. The summed E-state index contributed by atoms with van der Waals surface area (Å²) in [5.41, 5.74) is 10.2. The number of carbonyl (C=O) groups excluding carboxylic acids is 5. The van der Waals surface area contributed by atoms with E-state index in [9.17, 15) is 24.0 Å². The van der Waals surface area contributed by atoms with Gasteiger partial charge in [-0.25, -0.2) is 4.79 Å². The monoisotopic (exact) mass is 1330 g/mol. The van der Waals surface area contributed by atoms with Gasteiger partial charge in [0.25, 0.3) is 11.8 Å². The van der Waals surface area contributed by atoms with Gasteiger partial charge in [0.1, 0.15) is 37.9 Å². The molecule has 4 atom stereocenters. The molecule has 2 fully saturated rings. The lowest BCUT2D eigenvalue weighted by molar-refractivity contribution is -0.128. The summed E-state index contributed by atoms with van der Waals surface area (Å²) in [6.07, 6.45) is 9.35. The fourth-order valence-electron chi connectivity index (χ4n) is 12.7. The Morgan fingerprint density at radius 2 is 1.32 bits per heavy atom. The van der Waals surface area contributed by atoms with Gasteiger partial charge in [0, 0.05) is 85.0 Å². The number of nitrogens with zero attached hydrogens (tertiary/aromatic N) is 4. The van der Waals surface area contributed by atoms with E-state index in [-0.39, 0.29) is 62.3 Å². The summed E-state index contributed by atoms with van der Waals surface area (Å²) in [7, 11) is 0.388. The maximum absolute atomic E-state index is 14.9. The number of nitrogens with one attached hydrogen (secondary N) is 3. The number of carbonyl (C=O) groups is 5. The van der Waals surface area contributed by atoms with Crippen LogP contribution in [0.25, 0.3) is 16.7 Å². The van der Waals surface area contributed by atoms with Crippen molar-refractivity contribution in [3.05, 3.63) is 161 Å². The minimum Gasteiger partial charge on any atom is -0.498 e. The fourth-order valence-corrected chi connectivity index (χ4v) is 14.2. The molecular weight excluding hydrogens is 1240 g/mol. The Hall–Kier alpha value is -8.12. The van der Waals surface area contributed by atoms with Gasteiger partial charge in [0.05, 0.1) is 62.0 Å². The van der Waals surface area contributed by atoms with E-state index in [2.05, 4.69) is 89.9 Å². The highest BCUT2D eigenvalue weighted by Gasteiger charge is 2.42. The second-order valence-electron chi connectivity index (χ2n) is 28.6. The van der Waals surface area contributed by atoms with Crippen LogP contribution >= 0.6 is 0 Å². The summed E-state index contributed by atoms with van der Waals surface area (Å²) >= 11 is 0. The Morgan fingerprint density at radius 1 is 0.695 bits per heavy atom. The van der Waals surface area contributed by atoms with E-state index < -0.39 is 46.1 Å². The third-order valence-electron chi connectivity index (χ3n) is 18.6. The molecule has 95 heavy (non-hydrogen) atoms. The summed E-state index contributed by atoms with van der Waals surface area (Å²) in [6.45, 7) is 28.8. The summed E-state index contributed by atoms with van der Waals surface area (Å²) in [5, 5.41) is 8.43. The molecule has 0 aromatic heterocycles. The van der Waals surface area contributed by atoms with Crippen molar-refractivity contribution >= 4 is 62.8 Å². The second-order valence-corrected chi connectivity index (χ2v) is 39.8. The van der Waals surface area contributed by atoms with Crippen molar-refractivity contribution in [3.63, 3.8) is 0 Å². The highest BCUT2D eigenvalue weighted by Crippen LogP contribution is 2.47. The SMILES string of the molecule is C=C1C(=O)N2C=C(C3CC3)C[C@H]2CN(COCC[Si](C)(C)C)/C1=C/C(OCCCOc1cc2c(cc1OC)C(=O)N1C=C(c3ccc(NC(=O)[C@H](C)NC(=O)[C@@H](NC(=O)OCC4c5ccccc5-c5ccccc54)C(C)C)cc3)C[C@H]1CN2COCC[Si](C)(C)C)=C(\C)OC. The first kappa shape index (κ1) is 69.7. The zero-order valence-electron chi connectivity index (χ0n) is 57.6. The molecule has 4 aromatic carbocycles. The largest absolute Gasteiger partial charge is 0.498 e. The second kappa shape index (κ2) is 30.3. The number of hydrogen-bond acceptors (Lipinski definition) is 14. The topological polar surface area (TPSA) is 199 Å². The van der Waals surface area contributed by atoms with Gasteiger partial charge in [-0.2, -0.15) is 0 Å². The number of anilines is 2. The molecule has 21 heteroatoms. The van der Waals surface area contributed by atoms with Crippen LogP contribution < -0.4 is 30.3 Å². The van der Waals surface area contributed by atoms with Crippen molar-refractivity contribution in [2.24, 2.45) is 11.8 Å². The predicted molar refractivity (Wildman–Crippen MR) is 376 cm³/mol. The van der Waals surface area contributed by atoms with Gasteiger partial charge < -0.3 is 68.7 Å². The van der Waals surface area contributed by atoms with E-state index in [1.54, 1.807) is 44.2 Å². The van der Waals surface area contributed by atoms with Gasteiger partial charge in [-0.15, -0.1) is 0 Å². The van der Waals surface area contributed by atoms with Crippen molar-refractivity contribution in [1.29, 1.82) is 0 Å². The van der Waals surface area contributed by atoms with Gasteiger partial charge >= 0.3 is 6.09 Å². The Labute approximate surface area is 562 Å². The van der Waals surface area contributed by atoms with Crippen molar-refractivity contribution in [2.45, 2.75) is 141 Å². The van der Waals surface area contributed by atoms with Crippen LogP contribution in [0, 0.1) is 11.8 Å². The standard InChI is InChI=1S/C74H97N7O12Si2/c1-47(2)69(77-74(86)93-44-63-60-21-16-14-19-58(60)59-20-15-17-22-61(59)63)71(83)75-49(4)70(82)76-55-27-25-52(26-28-55)54-36-57-43-79(46-90-32-34-95(11,12)13)65-39-68(67(88-7)37-62(65)73(85)81(57)41-54)92-30-18-29-91-66(50(5)87-6)38-64-48(3)72(84)80-40-53(51-23-24-51)35-56(80)42-78(64)45-89-31-33-94(8,9)10/h14-17,19-22,25-28,37-41,47,49,51,56-57,63,69H,3,18,23-24,29-36,42-46H2,1-2,4-13H3,(H,75,83)(H,76,82)(H,77,86)/b64-38+,66-50-/t49-,56-,57-,69-/m0/s1. The lowest BCUT2D eigenvalue weighted by Gasteiger charge is -2.29. The first-order chi connectivity index (χ1) is 45.4. The van der Waals surface area contributed by atoms with Crippen LogP contribution in [0.2, 0.25) is 51.4 Å². The predicted octanol–water partition coefficient (Wildman–Crippen LogP) is 12.7. The molecule has 0 spiro atoms. The first-order valence-electron chi connectivity index (χ1n) is 33.6. The minimum atomic E-state index is -1.42. The van der Waals surface area contributed by atoms with Crippen LogP contribution in [-0.2, 0) is 38.1 Å². The van der Waals surface area contributed by atoms with Gasteiger partial charge in [-0.1, -0.05) is 120 Å². The molecule has 4 heterocycles. The third-order valence-corrected chi connectivity index (χ3v) is 22.0. The van der Waals surface area contributed by atoms with Gasteiger partial charge in [-0.3, -0.25) is 19.2 Å².